The van der Waals surface area contributed by atoms with Crippen LogP contribution in [0.5, 0.6) is 0 Å². The third-order valence-electron chi connectivity index (χ3n) is 2.85. The number of anilines is 1. The summed E-state index contributed by atoms with van der Waals surface area (Å²) in [5.74, 6) is 0.767. The molecule has 0 saturated carbocycles. The number of aromatic amines is 1. The molecule has 0 spiro atoms. The number of hydrogen-bond donors (Lipinski definition) is 2. The summed E-state index contributed by atoms with van der Waals surface area (Å²) in [6.45, 7) is 9.61. The standard InChI is InChI=1S/C11H21N3/c1-5-10(6-2)7-12-11-8(3)13-14-9(11)4/h10,12H,5-7H2,1-4H3,(H,13,14). The van der Waals surface area contributed by atoms with E-state index in [0.29, 0.717) is 0 Å². The monoisotopic (exact) mass is 195 g/mol. The second-order valence-electron chi connectivity index (χ2n) is 3.87. The van der Waals surface area contributed by atoms with Crippen molar-refractivity contribution >= 4 is 5.69 Å². The van der Waals surface area contributed by atoms with Gasteiger partial charge in [-0.3, -0.25) is 5.10 Å². The lowest BCUT2D eigenvalue weighted by atomic mass is 10.0. The van der Waals surface area contributed by atoms with Crippen molar-refractivity contribution in [3.05, 3.63) is 11.4 Å². The van der Waals surface area contributed by atoms with Crippen LogP contribution in [0.15, 0.2) is 0 Å². The van der Waals surface area contributed by atoms with Crippen molar-refractivity contribution in [3.63, 3.8) is 0 Å². The van der Waals surface area contributed by atoms with Crippen LogP contribution in [0.25, 0.3) is 0 Å². The summed E-state index contributed by atoms with van der Waals surface area (Å²) in [5.41, 5.74) is 3.37. The fourth-order valence-electron chi connectivity index (χ4n) is 1.64. The van der Waals surface area contributed by atoms with E-state index in [2.05, 4.69) is 36.3 Å². The summed E-state index contributed by atoms with van der Waals surface area (Å²) in [7, 11) is 0. The van der Waals surface area contributed by atoms with Crippen molar-refractivity contribution in [2.24, 2.45) is 5.92 Å². The molecule has 0 atom stereocenters. The number of aryl methyl sites for hydroxylation is 2. The van der Waals surface area contributed by atoms with Gasteiger partial charge >= 0.3 is 0 Å². The van der Waals surface area contributed by atoms with Crippen molar-refractivity contribution in [1.82, 2.24) is 10.2 Å². The van der Waals surface area contributed by atoms with E-state index in [0.717, 1.165) is 23.9 Å². The molecule has 0 aromatic carbocycles. The van der Waals surface area contributed by atoms with E-state index >= 15 is 0 Å². The van der Waals surface area contributed by atoms with Crippen LogP contribution in [0.4, 0.5) is 5.69 Å². The van der Waals surface area contributed by atoms with Gasteiger partial charge in [0.05, 0.1) is 17.1 Å². The van der Waals surface area contributed by atoms with Crippen LogP contribution in [0, 0.1) is 19.8 Å². The van der Waals surface area contributed by atoms with Gasteiger partial charge in [-0.2, -0.15) is 5.10 Å². The van der Waals surface area contributed by atoms with Crippen molar-refractivity contribution in [1.29, 1.82) is 0 Å². The number of nitrogens with one attached hydrogen (secondary N) is 2. The molecule has 1 aromatic rings. The summed E-state index contributed by atoms with van der Waals surface area (Å²) in [4.78, 5) is 0. The Morgan fingerprint density at radius 2 is 1.93 bits per heavy atom. The van der Waals surface area contributed by atoms with Gasteiger partial charge in [0.1, 0.15) is 0 Å². The fourth-order valence-corrected chi connectivity index (χ4v) is 1.64. The highest BCUT2D eigenvalue weighted by molar-refractivity contribution is 5.51. The Hall–Kier alpha value is -0.990. The lowest BCUT2D eigenvalue weighted by Gasteiger charge is -2.14. The molecule has 3 heteroatoms. The Morgan fingerprint density at radius 3 is 2.36 bits per heavy atom. The van der Waals surface area contributed by atoms with Crippen molar-refractivity contribution < 1.29 is 0 Å². The number of hydrogen-bond acceptors (Lipinski definition) is 2. The second-order valence-corrected chi connectivity index (χ2v) is 3.87. The molecule has 1 rings (SSSR count). The quantitative estimate of drug-likeness (QED) is 0.758. The Bertz CT molecular complexity index is 255. The predicted octanol–water partition coefficient (Wildman–Crippen LogP) is 2.87. The predicted molar refractivity (Wildman–Crippen MR) is 60.6 cm³/mol. The summed E-state index contributed by atoms with van der Waals surface area (Å²) in [6.07, 6.45) is 2.47. The molecular weight excluding hydrogens is 174 g/mol. The van der Waals surface area contributed by atoms with Crippen LogP contribution in [0.3, 0.4) is 0 Å². The van der Waals surface area contributed by atoms with Gasteiger partial charge in [-0.1, -0.05) is 26.7 Å². The van der Waals surface area contributed by atoms with Gasteiger partial charge in [-0.25, -0.2) is 0 Å². The first-order valence-corrected chi connectivity index (χ1v) is 5.44. The lowest BCUT2D eigenvalue weighted by Crippen LogP contribution is -2.13. The van der Waals surface area contributed by atoms with Gasteiger partial charge in [0, 0.05) is 6.54 Å². The van der Waals surface area contributed by atoms with E-state index in [1.54, 1.807) is 0 Å². The Balaban J connectivity index is 2.52. The Kier molecular flexibility index (Phi) is 3.98. The molecule has 1 aromatic heterocycles. The molecule has 0 bridgehead atoms. The van der Waals surface area contributed by atoms with Gasteiger partial charge in [0.15, 0.2) is 0 Å². The van der Waals surface area contributed by atoms with Gasteiger partial charge in [0.25, 0.3) is 0 Å². The molecule has 0 unspecified atom stereocenters. The number of H-pyrrole nitrogens is 1. The molecule has 2 N–H and O–H groups in total. The van der Waals surface area contributed by atoms with Crippen LogP contribution in [-0.2, 0) is 0 Å². The SMILES string of the molecule is CCC(CC)CNc1c(C)n[nH]c1C. The normalized spacial score (nSPS) is 10.9. The first-order chi connectivity index (χ1) is 6.69. The molecule has 0 aliphatic heterocycles. The summed E-state index contributed by atoms with van der Waals surface area (Å²) >= 11 is 0. The highest BCUT2D eigenvalue weighted by Crippen LogP contribution is 2.17. The van der Waals surface area contributed by atoms with E-state index in [9.17, 15) is 0 Å². The average molecular weight is 195 g/mol. The number of nitrogens with zero attached hydrogens (tertiary/aromatic N) is 1. The largest absolute Gasteiger partial charge is 0.382 e. The third kappa shape index (κ3) is 2.50. The molecule has 80 valence electrons. The highest BCUT2D eigenvalue weighted by atomic mass is 15.1. The summed E-state index contributed by atoms with van der Waals surface area (Å²) in [6, 6.07) is 0. The topological polar surface area (TPSA) is 40.7 Å². The van der Waals surface area contributed by atoms with Crippen LogP contribution in [0.1, 0.15) is 38.1 Å². The van der Waals surface area contributed by atoms with Gasteiger partial charge < -0.3 is 5.32 Å². The molecule has 3 nitrogen and oxygen atoms in total. The molecule has 0 saturated heterocycles. The molecule has 0 aliphatic rings. The minimum absolute atomic E-state index is 0.767. The Labute approximate surface area is 86.3 Å². The minimum atomic E-state index is 0.767. The van der Waals surface area contributed by atoms with E-state index in [1.165, 1.54) is 18.5 Å². The molecule has 0 fully saturated rings. The fraction of sp³-hybridized carbons (Fsp3) is 0.727. The molecule has 0 radical (unpaired) electrons. The van der Waals surface area contributed by atoms with Crippen LogP contribution >= 0.6 is 0 Å². The zero-order chi connectivity index (χ0) is 10.6. The molecule has 0 aliphatic carbocycles. The van der Waals surface area contributed by atoms with E-state index in [1.807, 2.05) is 6.92 Å². The van der Waals surface area contributed by atoms with Crippen LogP contribution < -0.4 is 5.32 Å². The van der Waals surface area contributed by atoms with E-state index in [4.69, 9.17) is 0 Å². The van der Waals surface area contributed by atoms with Crippen molar-refractivity contribution in [3.8, 4) is 0 Å². The highest BCUT2D eigenvalue weighted by Gasteiger charge is 2.08. The average Bonchev–Trinajstić information content (AvgIpc) is 2.50. The summed E-state index contributed by atoms with van der Waals surface area (Å²) < 4.78 is 0. The van der Waals surface area contributed by atoms with Crippen LogP contribution in [0.2, 0.25) is 0 Å². The maximum absolute atomic E-state index is 4.16. The third-order valence-corrected chi connectivity index (χ3v) is 2.85. The van der Waals surface area contributed by atoms with E-state index < -0.39 is 0 Å². The van der Waals surface area contributed by atoms with Gasteiger partial charge in [-0.15, -0.1) is 0 Å². The van der Waals surface area contributed by atoms with Gasteiger partial charge in [0.2, 0.25) is 0 Å². The minimum Gasteiger partial charge on any atom is -0.382 e. The van der Waals surface area contributed by atoms with Crippen molar-refractivity contribution in [2.75, 3.05) is 11.9 Å². The molecule has 14 heavy (non-hydrogen) atoms. The maximum atomic E-state index is 4.16. The Morgan fingerprint density at radius 1 is 1.29 bits per heavy atom. The molecule has 1 heterocycles. The zero-order valence-electron chi connectivity index (χ0n) is 9.65. The first-order valence-electron chi connectivity index (χ1n) is 5.44. The smallest absolute Gasteiger partial charge is 0.0825 e. The van der Waals surface area contributed by atoms with Crippen LogP contribution in [-0.4, -0.2) is 16.7 Å². The first kappa shape index (κ1) is 11.1. The van der Waals surface area contributed by atoms with Crippen molar-refractivity contribution in [2.45, 2.75) is 40.5 Å². The molecular formula is C11H21N3. The van der Waals surface area contributed by atoms with E-state index in [-0.39, 0.29) is 0 Å². The number of aromatic nitrogens is 2. The molecule has 0 amide bonds. The lowest BCUT2D eigenvalue weighted by molar-refractivity contribution is 0.519. The second kappa shape index (κ2) is 5.03. The zero-order valence-corrected chi connectivity index (χ0v) is 9.65. The number of rotatable bonds is 5. The van der Waals surface area contributed by atoms with Gasteiger partial charge in [-0.05, 0) is 19.8 Å². The summed E-state index contributed by atoms with van der Waals surface area (Å²) in [5, 5.41) is 10.6. The maximum Gasteiger partial charge on any atom is 0.0825 e.